The van der Waals surface area contributed by atoms with Crippen molar-refractivity contribution in [3.63, 3.8) is 0 Å². The first kappa shape index (κ1) is 14.2. The van der Waals surface area contributed by atoms with E-state index >= 15 is 0 Å². The van der Waals surface area contributed by atoms with E-state index < -0.39 is 0 Å². The monoisotopic (exact) mass is 353 g/mol. The lowest BCUT2D eigenvalue weighted by Crippen LogP contribution is -2.22. The van der Waals surface area contributed by atoms with E-state index in [0.29, 0.717) is 0 Å². The largest absolute Gasteiger partial charge is 0.306 e. The van der Waals surface area contributed by atoms with Gasteiger partial charge in [-0.05, 0) is 55.6 Å². The summed E-state index contributed by atoms with van der Waals surface area (Å²) in [5, 5.41) is 3.42. The van der Waals surface area contributed by atoms with Crippen molar-refractivity contribution in [3.8, 4) is 0 Å². The van der Waals surface area contributed by atoms with E-state index in [4.69, 9.17) is 0 Å². The van der Waals surface area contributed by atoms with Gasteiger partial charge < -0.3 is 5.32 Å². The van der Waals surface area contributed by atoms with Crippen molar-refractivity contribution in [1.82, 2.24) is 5.32 Å². The fraction of sp³-hybridized carbons (Fsp3) is 0.375. The first-order chi connectivity index (χ1) is 9.69. The molecule has 1 N–H and O–H groups in total. The molecule has 4 heteroatoms. The zero-order valence-corrected chi connectivity index (χ0v) is 13.8. The summed E-state index contributed by atoms with van der Waals surface area (Å²) in [6.45, 7) is 2.88. The Morgan fingerprint density at radius 3 is 2.95 bits per heavy atom. The van der Waals surface area contributed by atoms with Crippen LogP contribution in [0.3, 0.4) is 0 Å². The van der Waals surface area contributed by atoms with Crippen molar-refractivity contribution in [2.45, 2.75) is 32.2 Å². The minimum Gasteiger partial charge on any atom is -0.306 e. The average molecular weight is 354 g/mol. The van der Waals surface area contributed by atoms with Gasteiger partial charge in [0.25, 0.3) is 0 Å². The molecule has 0 fully saturated rings. The Labute approximate surface area is 131 Å². The molecule has 3 rings (SSSR count). The molecular formula is C16H17BrFNS. The van der Waals surface area contributed by atoms with E-state index in [-0.39, 0.29) is 11.9 Å². The molecule has 1 aliphatic rings. The second kappa shape index (κ2) is 5.96. The third kappa shape index (κ3) is 2.69. The highest BCUT2D eigenvalue weighted by molar-refractivity contribution is 9.10. The molecule has 0 radical (unpaired) electrons. The molecule has 1 aliphatic carbocycles. The molecule has 1 aromatic heterocycles. The molecule has 1 nitrogen and oxygen atoms in total. The highest BCUT2D eigenvalue weighted by Gasteiger charge is 2.23. The van der Waals surface area contributed by atoms with Gasteiger partial charge in [-0.1, -0.05) is 22.9 Å². The number of rotatable bonds is 4. The molecule has 1 unspecified atom stereocenters. The number of fused-ring (bicyclic) bond motifs is 1. The summed E-state index contributed by atoms with van der Waals surface area (Å²) in [5.41, 5.74) is 2.18. The Morgan fingerprint density at radius 2 is 2.20 bits per heavy atom. The van der Waals surface area contributed by atoms with Crippen LogP contribution in [0.25, 0.3) is 0 Å². The Bertz CT molecular complexity index is 601. The van der Waals surface area contributed by atoms with E-state index in [1.807, 2.05) is 17.4 Å². The van der Waals surface area contributed by atoms with Crippen LogP contribution in [0, 0.1) is 5.82 Å². The van der Waals surface area contributed by atoms with Gasteiger partial charge in [-0.2, -0.15) is 0 Å². The molecule has 20 heavy (non-hydrogen) atoms. The maximum atomic E-state index is 14.2. The van der Waals surface area contributed by atoms with Gasteiger partial charge in [-0.3, -0.25) is 0 Å². The smallest absolute Gasteiger partial charge is 0.128 e. The van der Waals surface area contributed by atoms with Crippen LogP contribution in [0.2, 0.25) is 0 Å². The minimum atomic E-state index is -0.146. The van der Waals surface area contributed by atoms with Crippen LogP contribution in [0.1, 0.15) is 40.3 Å². The quantitative estimate of drug-likeness (QED) is 0.829. The van der Waals surface area contributed by atoms with Crippen LogP contribution in [0.4, 0.5) is 4.39 Å². The lowest BCUT2D eigenvalue weighted by molar-refractivity contribution is 0.562. The predicted octanol–water partition coefficient (Wildman–Crippen LogP) is 4.84. The fourth-order valence-electron chi connectivity index (χ4n) is 2.80. The maximum Gasteiger partial charge on any atom is 0.128 e. The van der Waals surface area contributed by atoms with E-state index in [0.717, 1.165) is 16.6 Å². The van der Waals surface area contributed by atoms with Crippen molar-refractivity contribution in [2.24, 2.45) is 0 Å². The first-order valence-electron chi connectivity index (χ1n) is 6.99. The van der Waals surface area contributed by atoms with Crippen molar-refractivity contribution in [2.75, 3.05) is 6.54 Å². The van der Waals surface area contributed by atoms with Gasteiger partial charge in [0.2, 0.25) is 0 Å². The SMILES string of the molecule is CCNC(c1cc2c(s1)CCC2)c1cc(Br)ccc1F. The Hall–Kier alpha value is -0.710. The summed E-state index contributed by atoms with van der Waals surface area (Å²) < 4.78 is 15.1. The predicted molar refractivity (Wildman–Crippen MR) is 86.0 cm³/mol. The van der Waals surface area contributed by atoms with Crippen LogP contribution in [0.5, 0.6) is 0 Å². The van der Waals surface area contributed by atoms with Gasteiger partial charge in [-0.25, -0.2) is 4.39 Å². The standard InChI is InChI=1S/C16H17BrFNS/c1-2-19-16(12-9-11(17)6-7-13(12)18)15-8-10-4-3-5-14(10)20-15/h6-9,16,19H,2-5H2,1H3. The molecule has 1 heterocycles. The Balaban J connectivity index is 2.01. The number of hydrogen-bond acceptors (Lipinski definition) is 2. The lowest BCUT2D eigenvalue weighted by Gasteiger charge is -2.18. The molecule has 1 aromatic carbocycles. The van der Waals surface area contributed by atoms with Crippen molar-refractivity contribution < 1.29 is 4.39 Å². The summed E-state index contributed by atoms with van der Waals surface area (Å²) in [6, 6.07) is 7.38. The van der Waals surface area contributed by atoms with Crippen LogP contribution in [-0.2, 0) is 12.8 Å². The highest BCUT2D eigenvalue weighted by Crippen LogP contribution is 2.37. The number of hydrogen-bond donors (Lipinski definition) is 1. The number of benzene rings is 1. The Kier molecular flexibility index (Phi) is 4.24. The fourth-order valence-corrected chi connectivity index (χ4v) is 4.53. The van der Waals surface area contributed by atoms with Crippen molar-refractivity contribution in [1.29, 1.82) is 0 Å². The van der Waals surface area contributed by atoms with Gasteiger partial charge in [0.15, 0.2) is 0 Å². The van der Waals surface area contributed by atoms with Crippen LogP contribution >= 0.6 is 27.3 Å². The minimum absolute atomic E-state index is 0.0481. The van der Waals surface area contributed by atoms with E-state index in [1.54, 1.807) is 6.07 Å². The van der Waals surface area contributed by atoms with Gasteiger partial charge in [0.1, 0.15) is 5.82 Å². The molecule has 1 atom stereocenters. The summed E-state index contributed by atoms with van der Waals surface area (Å²) in [4.78, 5) is 2.71. The normalized spacial score (nSPS) is 15.3. The molecule has 0 aliphatic heterocycles. The van der Waals surface area contributed by atoms with Gasteiger partial charge in [0, 0.05) is 19.8 Å². The number of halogens is 2. The van der Waals surface area contributed by atoms with Crippen LogP contribution < -0.4 is 5.32 Å². The van der Waals surface area contributed by atoms with Crippen LogP contribution in [-0.4, -0.2) is 6.54 Å². The summed E-state index contributed by atoms with van der Waals surface area (Å²) in [5.74, 6) is -0.146. The molecule has 0 saturated heterocycles. The molecule has 0 bridgehead atoms. The second-order valence-electron chi connectivity index (χ2n) is 5.11. The molecule has 0 spiro atoms. The van der Waals surface area contributed by atoms with Gasteiger partial charge in [0.05, 0.1) is 6.04 Å². The third-order valence-corrected chi connectivity index (χ3v) is 5.52. The zero-order valence-electron chi connectivity index (χ0n) is 11.4. The first-order valence-corrected chi connectivity index (χ1v) is 8.59. The second-order valence-corrected chi connectivity index (χ2v) is 7.19. The molecule has 106 valence electrons. The lowest BCUT2D eigenvalue weighted by atomic mass is 10.0. The highest BCUT2D eigenvalue weighted by atomic mass is 79.9. The Morgan fingerprint density at radius 1 is 1.35 bits per heavy atom. The number of nitrogens with one attached hydrogen (secondary N) is 1. The van der Waals surface area contributed by atoms with Gasteiger partial charge in [-0.15, -0.1) is 11.3 Å². The number of thiophene rings is 1. The number of aryl methyl sites for hydroxylation is 2. The summed E-state index contributed by atoms with van der Waals surface area (Å²) in [6.07, 6.45) is 3.62. The van der Waals surface area contributed by atoms with Crippen molar-refractivity contribution in [3.05, 3.63) is 55.4 Å². The van der Waals surface area contributed by atoms with E-state index in [2.05, 4.69) is 34.2 Å². The molecule has 0 saturated carbocycles. The van der Waals surface area contributed by atoms with Crippen molar-refractivity contribution >= 4 is 27.3 Å². The van der Waals surface area contributed by atoms with E-state index in [9.17, 15) is 4.39 Å². The third-order valence-electron chi connectivity index (χ3n) is 3.73. The van der Waals surface area contributed by atoms with Gasteiger partial charge >= 0.3 is 0 Å². The van der Waals surface area contributed by atoms with Crippen LogP contribution in [0.15, 0.2) is 28.7 Å². The molecular weight excluding hydrogens is 337 g/mol. The zero-order chi connectivity index (χ0) is 14.1. The topological polar surface area (TPSA) is 12.0 Å². The molecule has 0 amide bonds. The summed E-state index contributed by atoms with van der Waals surface area (Å²) >= 11 is 5.28. The van der Waals surface area contributed by atoms with E-state index in [1.165, 1.54) is 40.6 Å². The maximum absolute atomic E-state index is 14.2. The average Bonchev–Trinajstić information content (AvgIpc) is 3.00. The molecule has 2 aromatic rings. The summed E-state index contributed by atoms with van der Waals surface area (Å²) in [7, 11) is 0.